The van der Waals surface area contributed by atoms with Crippen LogP contribution < -0.4 is 11.5 Å². The number of carboxylic acid groups (broad SMARTS) is 5. The lowest BCUT2D eigenvalue weighted by Gasteiger charge is -2.61. The predicted octanol–water partition coefficient (Wildman–Crippen LogP) is -2.57. The Morgan fingerprint density at radius 2 is 1.30 bits per heavy atom. The third-order valence-corrected chi connectivity index (χ3v) is 5.18. The molecule has 30 heavy (non-hydrogen) atoms. The van der Waals surface area contributed by atoms with Crippen LogP contribution in [-0.2, 0) is 28.7 Å². The van der Waals surface area contributed by atoms with Crippen molar-refractivity contribution in [2.75, 3.05) is 19.6 Å². The molecule has 1 rings (SSSR count). The summed E-state index contributed by atoms with van der Waals surface area (Å²) in [4.78, 5) is 58.7. The van der Waals surface area contributed by atoms with Crippen molar-refractivity contribution in [3.05, 3.63) is 0 Å². The van der Waals surface area contributed by atoms with E-state index >= 15 is 0 Å². The molecule has 0 saturated carbocycles. The van der Waals surface area contributed by atoms with Crippen LogP contribution in [0.25, 0.3) is 0 Å². The second-order valence-electron chi connectivity index (χ2n) is 7.02. The van der Waals surface area contributed by atoms with Crippen LogP contribution in [0, 0.1) is 0 Å². The number of morpholine rings is 1. The Balaban J connectivity index is 3.88. The van der Waals surface area contributed by atoms with Crippen molar-refractivity contribution >= 4 is 29.8 Å². The molecule has 9 N–H and O–H groups in total. The van der Waals surface area contributed by atoms with Gasteiger partial charge in [0.1, 0.15) is 5.60 Å². The summed E-state index contributed by atoms with van der Waals surface area (Å²) in [5.74, 6) is -7.53. The van der Waals surface area contributed by atoms with Gasteiger partial charge in [0.2, 0.25) is 0 Å². The molecule has 1 fully saturated rings. The predicted molar refractivity (Wildman–Crippen MR) is 95.6 cm³/mol. The lowest BCUT2D eigenvalue weighted by molar-refractivity contribution is -0.259. The molecule has 0 aliphatic carbocycles. The van der Waals surface area contributed by atoms with Crippen molar-refractivity contribution in [3.63, 3.8) is 0 Å². The van der Waals surface area contributed by atoms with E-state index in [1.165, 1.54) is 0 Å². The van der Waals surface area contributed by atoms with Crippen LogP contribution in [0.3, 0.4) is 0 Å². The van der Waals surface area contributed by atoms with E-state index in [1.54, 1.807) is 0 Å². The van der Waals surface area contributed by atoms with Gasteiger partial charge in [-0.05, 0) is 0 Å². The maximum absolute atomic E-state index is 11.7. The molecular formula is C16H25N3O11. The molecule has 14 heteroatoms. The van der Waals surface area contributed by atoms with Gasteiger partial charge in [0.05, 0.1) is 49.9 Å². The Bertz CT molecular complexity index is 697. The average Bonchev–Trinajstić information content (AvgIpc) is 2.56. The van der Waals surface area contributed by atoms with Crippen LogP contribution in [0.1, 0.15) is 25.7 Å². The Labute approximate surface area is 170 Å². The van der Waals surface area contributed by atoms with Gasteiger partial charge >= 0.3 is 29.8 Å². The lowest BCUT2D eigenvalue weighted by atomic mass is 9.68. The van der Waals surface area contributed by atoms with Crippen LogP contribution >= 0.6 is 0 Å². The van der Waals surface area contributed by atoms with Gasteiger partial charge in [-0.15, -0.1) is 0 Å². The van der Waals surface area contributed by atoms with Gasteiger partial charge in [0.25, 0.3) is 0 Å². The van der Waals surface area contributed by atoms with Crippen LogP contribution in [0.15, 0.2) is 0 Å². The molecular weight excluding hydrogens is 410 g/mol. The first-order valence-corrected chi connectivity index (χ1v) is 8.77. The topological polar surface area (TPSA) is 251 Å². The van der Waals surface area contributed by atoms with Crippen molar-refractivity contribution < 1.29 is 54.2 Å². The third-order valence-electron chi connectivity index (χ3n) is 5.18. The van der Waals surface area contributed by atoms with Gasteiger partial charge in [-0.1, -0.05) is 0 Å². The molecule has 3 atom stereocenters. The van der Waals surface area contributed by atoms with Gasteiger partial charge in [-0.25, -0.2) is 0 Å². The quantitative estimate of drug-likeness (QED) is 0.166. The molecule has 1 aliphatic rings. The molecule has 14 nitrogen and oxygen atoms in total. The number of nitrogens with zero attached hydrogens (tertiary/aromatic N) is 1. The van der Waals surface area contributed by atoms with Crippen molar-refractivity contribution in [1.29, 1.82) is 0 Å². The molecule has 3 unspecified atom stereocenters. The minimum absolute atomic E-state index is 0.386. The smallest absolute Gasteiger partial charge is 0.317 e. The zero-order valence-corrected chi connectivity index (χ0v) is 15.9. The molecule has 0 amide bonds. The minimum Gasteiger partial charge on any atom is -0.481 e. The van der Waals surface area contributed by atoms with E-state index in [1.807, 2.05) is 0 Å². The summed E-state index contributed by atoms with van der Waals surface area (Å²) >= 11 is 0. The summed E-state index contributed by atoms with van der Waals surface area (Å²) in [6.07, 6.45) is -5.26. The second-order valence-corrected chi connectivity index (χ2v) is 7.02. The number of hydrogen-bond acceptors (Lipinski definition) is 9. The van der Waals surface area contributed by atoms with E-state index in [4.69, 9.17) is 16.2 Å². The zero-order valence-electron chi connectivity index (χ0n) is 15.9. The van der Waals surface area contributed by atoms with Crippen molar-refractivity contribution in [1.82, 2.24) is 4.90 Å². The number of carbonyl (C=O) groups is 5. The molecule has 170 valence electrons. The molecule has 1 heterocycles. The van der Waals surface area contributed by atoms with E-state index < -0.39 is 91.9 Å². The Hall–Kier alpha value is -2.81. The van der Waals surface area contributed by atoms with Crippen molar-refractivity contribution in [2.24, 2.45) is 11.5 Å². The van der Waals surface area contributed by atoms with Gasteiger partial charge in [-0.2, -0.15) is 0 Å². The number of carboxylic acids is 5. The van der Waals surface area contributed by atoms with Crippen LogP contribution in [0.5, 0.6) is 0 Å². The normalized spacial score (nSPS) is 26.1. The monoisotopic (exact) mass is 435 g/mol. The number of ether oxygens (including phenoxy) is 1. The van der Waals surface area contributed by atoms with E-state index in [2.05, 4.69) is 0 Å². The number of rotatable bonds is 12. The van der Waals surface area contributed by atoms with Crippen LogP contribution in [0.4, 0.5) is 0 Å². The fourth-order valence-electron chi connectivity index (χ4n) is 4.15. The molecule has 0 spiro atoms. The maximum Gasteiger partial charge on any atom is 0.317 e. The summed E-state index contributed by atoms with van der Waals surface area (Å²) in [5.41, 5.74) is 7.06. The first kappa shape index (κ1) is 25.2. The van der Waals surface area contributed by atoms with Crippen molar-refractivity contribution in [3.8, 4) is 0 Å². The maximum atomic E-state index is 11.7. The first-order valence-electron chi connectivity index (χ1n) is 8.77. The van der Waals surface area contributed by atoms with E-state index in [-0.39, 0.29) is 6.54 Å². The molecule has 0 aromatic heterocycles. The number of nitrogens with two attached hydrogens (primary N) is 2. The fourth-order valence-corrected chi connectivity index (χ4v) is 4.15. The van der Waals surface area contributed by atoms with Crippen molar-refractivity contribution in [2.45, 2.75) is 49.0 Å². The molecule has 1 saturated heterocycles. The number of hydrogen-bond donors (Lipinski definition) is 7. The summed E-state index contributed by atoms with van der Waals surface area (Å²) < 4.78 is 5.73. The van der Waals surface area contributed by atoms with Crippen LogP contribution in [-0.4, -0.2) is 103 Å². The Kier molecular flexibility index (Phi) is 8.24. The highest BCUT2D eigenvalue weighted by Crippen LogP contribution is 2.47. The van der Waals surface area contributed by atoms with E-state index in [0.29, 0.717) is 0 Å². The molecule has 0 aromatic carbocycles. The highest BCUT2D eigenvalue weighted by molar-refractivity contribution is 5.76. The third kappa shape index (κ3) is 5.21. The summed E-state index contributed by atoms with van der Waals surface area (Å²) in [5, 5.41) is 46.9. The molecule has 0 aromatic rings. The standard InChI is InChI=1S/C16H25N3O11/c17-5-8-9(1-10(20)21)30-16(3-12(24)25,4-13(26)27)15(7-18,2-11(22)23)19(8)6-14(28)29/h8-9H,1-7,17-18H2,(H,20,21)(H,22,23)(H,24,25)(H,26,27)(H,28,29). The van der Waals surface area contributed by atoms with Gasteiger partial charge < -0.3 is 41.7 Å². The highest BCUT2D eigenvalue weighted by Gasteiger charge is 2.64. The highest BCUT2D eigenvalue weighted by atomic mass is 16.5. The van der Waals surface area contributed by atoms with E-state index in [9.17, 15) is 49.5 Å². The Morgan fingerprint density at radius 3 is 1.63 bits per heavy atom. The SMILES string of the molecule is NCC1C(CC(=O)O)OC(CC(=O)O)(CC(=O)O)C(CN)(CC(=O)O)N1CC(=O)O. The zero-order chi connectivity index (χ0) is 23.3. The van der Waals surface area contributed by atoms with Gasteiger partial charge in [0.15, 0.2) is 0 Å². The molecule has 1 aliphatic heterocycles. The van der Waals surface area contributed by atoms with Crippen LogP contribution in [0.2, 0.25) is 0 Å². The summed E-state index contributed by atoms with van der Waals surface area (Å²) in [6, 6.07) is -1.18. The van der Waals surface area contributed by atoms with E-state index in [0.717, 1.165) is 4.90 Å². The van der Waals surface area contributed by atoms with Gasteiger partial charge in [0, 0.05) is 13.1 Å². The molecule has 0 bridgehead atoms. The lowest BCUT2D eigenvalue weighted by Crippen LogP contribution is -2.79. The average molecular weight is 435 g/mol. The largest absolute Gasteiger partial charge is 0.481 e. The van der Waals surface area contributed by atoms with Gasteiger partial charge in [-0.3, -0.25) is 28.9 Å². The summed E-state index contributed by atoms with van der Waals surface area (Å²) in [6.45, 7) is -1.97. The number of aliphatic carboxylic acids is 5. The second kappa shape index (κ2) is 9.80. The Morgan fingerprint density at radius 1 is 0.800 bits per heavy atom. The first-order chi connectivity index (χ1) is 13.8. The fraction of sp³-hybridized carbons (Fsp3) is 0.688. The molecule has 0 radical (unpaired) electrons. The minimum atomic E-state index is -2.35. The summed E-state index contributed by atoms with van der Waals surface area (Å²) in [7, 11) is 0.